The van der Waals surface area contributed by atoms with E-state index in [4.69, 9.17) is 5.73 Å². The molecule has 2 rings (SSSR count). The first-order valence-corrected chi connectivity index (χ1v) is 5.89. The summed E-state index contributed by atoms with van der Waals surface area (Å²) in [6, 6.07) is 1.23. The van der Waals surface area contributed by atoms with Gasteiger partial charge < -0.3 is 15.5 Å². The number of rotatable bonds is 1. The molecule has 2 N–H and O–H groups in total. The molecule has 1 saturated heterocycles. The van der Waals surface area contributed by atoms with Gasteiger partial charge in [0.05, 0.1) is 11.8 Å². The Morgan fingerprint density at radius 2 is 2.28 bits per heavy atom. The number of anilines is 1. The van der Waals surface area contributed by atoms with Gasteiger partial charge in [0.1, 0.15) is 11.6 Å². The lowest BCUT2D eigenvalue weighted by Crippen LogP contribution is -2.52. The van der Waals surface area contributed by atoms with Gasteiger partial charge >= 0.3 is 0 Å². The van der Waals surface area contributed by atoms with Crippen LogP contribution in [0.1, 0.15) is 17.3 Å². The summed E-state index contributed by atoms with van der Waals surface area (Å²) >= 11 is 0. The zero-order valence-corrected chi connectivity index (χ0v) is 10.6. The van der Waals surface area contributed by atoms with Gasteiger partial charge in [-0.1, -0.05) is 0 Å². The quantitative estimate of drug-likeness (QED) is 0.794. The molecule has 6 heteroatoms. The first kappa shape index (κ1) is 12.8. The normalized spacial score (nSPS) is 21.1. The average Bonchev–Trinajstić information content (AvgIpc) is 2.31. The predicted molar refractivity (Wildman–Crippen MR) is 66.6 cm³/mol. The molecule has 0 saturated carbocycles. The highest BCUT2D eigenvalue weighted by Crippen LogP contribution is 2.17. The molecule has 1 atom stereocenters. The molecule has 0 bridgehead atoms. The Hall–Kier alpha value is -1.69. The van der Waals surface area contributed by atoms with E-state index in [9.17, 15) is 9.18 Å². The molecule has 18 heavy (non-hydrogen) atoms. The van der Waals surface area contributed by atoms with E-state index in [-0.39, 0.29) is 23.3 Å². The van der Waals surface area contributed by atoms with Crippen molar-refractivity contribution >= 4 is 11.7 Å². The van der Waals surface area contributed by atoms with Crippen LogP contribution in [0.3, 0.4) is 0 Å². The highest BCUT2D eigenvalue weighted by molar-refractivity contribution is 5.98. The number of hydrogen-bond donors (Lipinski definition) is 1. The third-order valence-corrected chi connectivity index (χ3v) is 3.21. The number of carbonyl (C=O) groups excluding carboxylic acids is 1. The number of likely N-dealkylation sites (N-methyl/N-ethyl adjacent to an activating group) is 1. The Morgan fingerprint density at radius 3 is 2.94 bits per heavy atom. The molecule has 0 aliphatic carbocycles. The molecule has 1 aromatic rings. The summed E-state index contributed by atoms with van der Waals surface area (Å²) in [7, 11) is 2.01. The van der Waals surface area contributed by atoms with E-state index < -0.39 is 5.82 Å². The largest absolute Gasteiger partial charge is 0.383 e. The standard InChI is InChI=1S/C12H17FN4O/c1-8-7-16(2)3-4-17(8)12(18)10-5-9(13)6-15-11(10)14/h5-6,8H,3-4,7H2,1-2H3,(H2,14,15). The fourth-order valence-electron chi connectivity index (χ4n) is 2.22. The van der Waals surface area contributed by atoms with Crippen molar-refractivity contribution in [3.63, 3.8) is 0 Å². The summed E-state index contributed by atoms with van der Waals surface area (Å²) in [4.78, 5) is 19.9. The first-order valence-electron chi connectivity index (χ1n) is 5.89. The summed E-state index contributed by atoms with van der Waals surface area (Å²) < 4.78 is 13.1. The molecule has 1 amide bonds. The molecule has 1 unspecified atom stereocenters. The molecule has 98 valence electrons. The lowest BCUT2D eigenvalue weighted by molar-refractivity contribution is 0.0534. The van der Waals surface area contributed by atoms with Crippen LogP contribution in [0.4, 0.5) is 10.2 Å². The maximum absolute atomic E-state index is 13.1. The lowest BCUT2D eigenvalue weighted by Gasteiger charge is -2.38. The summed E-state index contributed by atoms with van der Waals surface area (Å²) in [5.74, 6) is -0.720. The fourth-order valence-corrected chi connectivity index (χ4v) is 2.22. The van der Waals surface area contributed by atoms with Crippen molar-refractivity contribution in [2.24, 2.45) is 0 Å². The van der Waals surface area contributed by atoms with Crippen molar-refractivity contribution in [1.29, 1.82) is 0 Å². The van der Waals surface area contributed by atoms with Crippen LogP contribution in [-0.4, -0.2) is 53.4 Å². The number of amides is 1. The smallest absolute Gasteiger partial charge is 0.258 e. The molecular formula is C12H17FN4O. The van der Waals surface area contributed by atoms with Gasteiger partial charge in [-0.05, 0) is 20.0 Å². The van der Waals surface area contributed by atoms with Gasteiger partial charge in [0.2, 0.25) is 0 Å². The van der Waals surface area contributed by atoms with E-state index in [1.165, 1.54) is 0 Å². The minimum absolute atomic E-state index is 0.0764. The van der Waals surface area contributed by atoms with Crippen LogP contribution in [0.15, 0.2) is 12.3 Å². The van der Waals surface area contributed by atoms with Crippen molar-refractivity contribution in [2.45, 2.75) is 13.0 Å². The van der Waals surface area contributed by atoms with Crippen molar-refractivity contribution in [3.8, 4) is 0 Å². The van der Waals surface area contributed by atoms with E-state index in [2.05, 4.69) is 9.88 Å². The van der Waals surface area contributed by atoms with Gasteiger partial charge in [0.25, 0.3) is 5.91 Å². The van der Waals surface area contributed by atoms with Crippen LogP contribution in [-0.2, 0) is 0 Å². The Morgan fingerprint density at radius 1 is 1.56 bits per heavy atom. The summed E-state index contributed by atoms with van der Waals surface area (Å²) in [6.07, 6.45) is 1.01. The van der Waals surface area contributed by atoms with Crippen LogP contribution in [0.5, 0.6) is 0 Å². The van der Waals surface area contributed by atoms with E-state index in [1.54, 1.807) is 4.90 Å². The summed E-state index contributed by atoms with van der Waals surface area (Å²) in [6.45, 7) is 4.19. The zero-order chi connectivity index (χ0) is 13.3. The van der Waals surface area contributed by atoms with E-state index >= 15 is 0 Å². The highest BCUT2D eigenvalue weighted by atomic mass is 19.1. The van der Waals surface area contributed by atoms with Crippen LogP contribution < -0.4 is 5.73 Å². The fraction of sp³-hybridized carbons (Fsp3) is 0.500. The molecule has 1 aromatic heterocycles. The second kappa shape index (κ2) is 4.89. The van der Waals surface area contributed by atoms with Crippen molar-refractivity contribution in [3.05, 3.63) is 23.6 Å². The second-order valence-electron chi connectivity index (χ2n) is 4.70. The van der Waals surface area contributed by atoms with Crippen LogP contribution >= 0.6 is 0 Å². The molecule has 0 spiro atoms. The molecule has 0 aromatic carbocycles. The molecule has 2 heterocycles. The van der Waals surface area contributed by atoms with Crippen LogP contribution in [0.25, 0.3) is 0 Å². The minimum atomic E-state index is -0.547. The Bertz CT molecular complexity index is 465. The molecule has 1 fully saturated rings. The topological polar surface area (TPSA) is 62.5 Å². The number of carbonyl (C=O) groups is 1. The second-order valence-corrected chi connectivity index (χ2v) is 4.70. The molecule has 0 radical (unpaired) electrons. The van der Waals surface area contributed by atoms with Gasteiger partial charge in [-0.25, -0.2) is 9.37 Å². The minimum Gasteiger partial charge on any atom is -0.383 e. The summed E-state index contributed by atoms with van der Waals surface area (Å²) in [5.41, 5.74) is 5.78. The monoisotopic (exact) mass is 252 g/mol. The maximum Gasteiger partial charge on any atom is 0.258 e. The Labute approximate surface area is 105 Å². The van der Waals surface area contributed by atoms with Crippen molar-refractivity contribution in [1.82, 2.24) is 14.8 Å². The third-order valence-electron chi connectivity index (χ3n) is 3.21. The number of hydrogen-bond acceptors (Lipinski definition) is 4. The SMILES string of the molecule is CC1CN(C)CCN1C(=O)c1cc(F)cnc1N. The number of nitrogen functional groups attached to an aromatic ring is 1. The van der Waals surface area contributed by atoms with Crippen LogP contribution in [0, 0.1) is 5.82 Å². The van der Waals surface area contributed by atoms with E-state index in [0.717, 1.165) is 25.4 Å². The molecule has 1 aliphatic heterocycles. The van der Waals surface area contributed by atoms with E-state index in [1.807, 2.05) is 14.0 Å². The number of aromatic nitrogens is 1. The predicted octanol–water partition coefficient (Wildman–Crippen LogP) is 0.579. The van der Waals surface area contributed by atoms with Gasteiger partial charge in [0, 0.05) is 25.7 Å². The van der Waals surface area contributed by atoms with E-state index in [0.29, 0.717) is 6.54 Å². The molecule has 1 aliphatic rings. The third kappa shape index (κ3) is 2.43. The number of nitrogens with zero attached hydrogens (tertiary/aromatic N) is 3. The summed E-state index contributed by atoms with van der Waals surface area (Å²) in [5, 5.41) is 0. The number of halogens is 1. The van der Waals surface area contributed by atoms with Gasteiger partial charge in [0.15, 0.2) is 0 Å². The molecular weight excluding hydrogens is 235 g/mol. The Balaban J connectivity index is 2.23. The number of pyridine rings is 1. The van der Waals surface area contributed by atoms with Gasteiger partial charge in [-0.15, -0.1) is 0 Å². The zero-order valence-electron chi connectivity index (χ0n) is 10.6. The van der Waals surface area contributed by atoms with Crippen molar-refractivity contribution in [2.75, 3.05) is 32.4 Å². The number of nitrogens with two attached hydrogens (primary N) is 1. The van der Waals surface area contributed by atoms with Gasteiger partial charge in [-0.3, -0.25) is 4.79 Å². The van der Waals surface area contributed by atoms with Crippen LogP contribution in [0.2, 0.25) is 0 Å². The maximum atomic E-state index is 13.1. The molecule has 5 nitrogen and oxygen atoms in total. The average molecular weight is 252 g/mol. The van der Waals surface area contributed by atoms with Gasteiger partial charge in [-0.2, -0.15) is 0 Å². The highest BCUT2D eigenvalue weighted by Gasteiger charge is 2.28. The lowest BCUT2D eigenvalue weighted by atomic mass is 10.1. The Kier molecular flexibility index (Phi) is 3.47. The first-order chi connectivity index (χ1) is 8.49. The van der Waals surface area contributed by atoms with Crippen molar-refractivity contribution < 1.29 is 9.18 Å². The number of piperazine rings is 1.